The molecule has 0 heterocycles. The molecule has 1 unspecified atom stereocenters. The smallest absolute Gasteiger partial charge is 0.692 e. The molecule has 0 aromatic rings. The Bertz CT molecular complexity index is 31.8. The van der Waals surface area contributed by atoms with Crippen LogP contribution >= 0.6 is 18.2 Å². The van der Waals surface area contributed by atoms with Crippen LogP contribution < -0.4 is 17.0 Å². The molecule has 0 amide bonds. The summed E-state index contributed by atoms with van der Waals surface area (Å²) in [5.74, 6) is 0. The largest absolute Gasteiger partial charge is 1.00 e. The molecule has 0 bridgehead atoms. The number of halogens is 1. The lowest BCUT2D eigenvalue weighted by atomic mass is 15.8. The summed E-state index contributed by atoms with van der Waals surface area (Å²) < 4.78 is 8.70. The van der Waals surface area contributed by atoms with Gasteiger partial charge in [0.25, 0.3) is 0 Å². The van der Waals surface area contributed by atoms with Gasteiger partial charge in [0.15, 0.2) is 0 Å². The van der Waals surface area contributed by atoms with E-state index in [1.165, 1.54) is 0 Å². The second-order valence-corrected chi connectivity index (χ2v) is 0.758. The average Bonchev–Trinajstić information content (AvgIpc) is 0.811. The van der Waals surface area contributed by atoms with E-state index in [0.717, 1.165) is 0 Å². The predicted octanol–water partition coefficient (Wildman–Crippen LogP) is -3.58. The van der Waals surface area contributed by atoms with E-state index in [1.807, 2.05) is 0 Å². The van der Waals surface area contributed by atoms with Gasteiger partial charge in [0.05, 0.1) is 0 Å². The monoisotopic (exact) mass is 195 g/mol. The molecule has 1 atom stereocenters. The van der Waals surface area contributed by atoms with Crippen LogP contribution in [0.3, 0.4) is 0 Å². The Morgan fingerprint density at radius 2 is 1.33 bits per heavy atom. The Labute approximate surface area is 50.1 Å². The van der Waals surface area contributed by atoms with Gasteiger partial charge >= 0.3 is 8.25 Å². The predicted molar refractivity (Wildman–Crippen MR) is 24.5 cm³/mol. The van der Waals surface area contributed by atoms with Gasteiger partial charge in [-0.25, -0.2) is 0 Å². The molecule has 6 heteroatoms. The maximum atomic E-state index is 8.70. The Kier molecular flexibility index (Phi) is 24.5. The second kappa shape index (κ2) is 9.33. The van der Waals surface area contributed by atoms with Crippen molar-refractivity contribution in [1.82, 2.24) is 0 Å². The van der Waals surface area contributed by atoms with E-state index in [-0.39, 0.29) is 26.9 Å². The SMILES string of the molecule is O=[P+](O)O.[Br-].[PH4+]. The molecule has 2 N–H and O–H groups in total. The minimum Gasteiger partial charge on any atom is -1.00 e. The maximum absolute atomic E-state index is 8.70. The third-order valence-corrected chi connectivity index (χ3v) is 0. The summed E-state index contributed by atoms with van der Waals surface area (Å²) in [6, 6.07) is 0. The van der Waals surface area contributed by atoms with Crippen molar-refractivity contribution in [3.8, 4) is 0 Å². The maximum Gasteiger partial charge on any atom is 0.692 e. The Morgan fingerprint density at radius 3 is 1.33 bits per heavy atom. The van der Waals surface area contributed by atoms with Crippen molar-refractivity contribution in [3.05, 3.63) is 0 Å². The minimum absolute atomic E-state index is 0. The van der Waals surface area contributed by atoms with Crippen molar-refractivity contribution < 1.29 is 31.3 Å². The summed E-state index contributed by atoms with van der Waals surface area (Å²) in [6.07, 6.45) is 0. The first-order valence-electron chi connectivity index (χ1n) is 0.583. The van der Waals surface area contributed by atoms with Gasteiger partial charge in [-0.15, -0.1) is 9.79 Å². The Morgan fingerprint density at radius 1 is 1.33 bits per heavy atom. The van der Waals surface area contributed by atoms with E-state index in [4.69, 9.17) is 14.4 Å². The van der Waals surface area contributed by atoms with Gasteiger partial charge < -0.3 is 17.0 Å². The van der Waals surface area contributed by atoms with Crippen LogP contribution in [0.25, 0.3) is 0 Å². The lowest BCUT2D eigenvalue weighted by Crippen LogP contribution is -3.00. The zero-order valence-corrected chi connectivity index (χ0v) is 7.61. The summed E-state index contributed by atoms with van der Waals surface area (Å²) in [5.41, 5.74) is 0. The molecule has 0 aliphatic heterocycles. The average molecular weight is 196 g/mol. The third-order valence-electron chi connectivity index (χ3n) is 0. The summed E-state index contributed by atoms with van der Waals surface area (Å²) in [6.45, 7) is 0. The molecule has 0 rings (SSSR count). The summed E-state index contributed by atoms with van der Waals surface area (Å²) in [5, 5.41) is 0. The number of hydrogen-bond acceptors (Lipinski definition) is 1. The first kappa shape index (κ1) is 15.8. The molecule has 0 aliphatic rings. The van der Waals surface area contributed by atoms with Gasteiger partial charge in [-0.05, 0) is 9.90 Å². The Balaban J connectivity index is -0.0000000450. The van der Waals surface area contributed by atoms with Gasteiger partial charge in [-0.2, -0.15) is 0 Å². The second-order valence-electron chi connectivity index (χ2n) is 0.253. The standard InChI is InChI=1S/BrH.HO3P.H3P/c;1-4(2)3;/h1H;(H-,1,2,3);1H3/p+1. The minimum atomic E-state index is -2.87. The highest BCUT2D eigenvalue weighted by Crippen LogP contribution is 1.98. The molecule has 0 saturated carbocycles. The molecule has 0 aliphatic carbocycles. The van der Waals surface area contributed by atoms with Crippen molar-refractivity contribution in [3.63, 3.8) is 0 Å². The van der Waals surface area contributed by atoms with Crippen LogP contribution in [-0.2, 0) is 4.57 Å². The highest BCUT2D eigenvalue weighted by molar-refractivity contribution is 7.30. The van der Waals surface area contributed by atoms with Crippen LogP contribution in [-0.4, -0.2) is 9.79 Å². The highest BCUT2D eigenvalue weighted by atomic mass is 79.9. The van der Waals surface area contributed by atoms with E-state index in [9.17, 15) is 0 Å². The molecule has 0 fully saturated rings. The lowest BCUT2D eigenvalue weighted by molar-refractivity contribution is -0.00000561. The van der Waals surface area contributed by atoms with Crippen molar-refractivity contribution >= 4 is 18.2 Å². The first-order chi connectivity index (χ1) is 1.73. The first-order valence-corrected chi connectivity index (χ1v) is 1.75. The topological polar surface area (TPSA) is 57.5 Å². The lowest BCUT2D eigenvalue weighted by Gasteiger charge is -1.34. The summed E-state index contributed by atoms with van der Waals surface area (Å²) in [7, 11) is -2.87. The quantitative estimate of drug-likeness (QED) is 0.394. The zero-order chi connectivity index (χ0) is 3.58. The van der Waals surface area contributed by atoms with Crippen LogP contribution in [0.5, 0.6) is 0 Å². The van der Waals surface area contributed by atoms with Gasteiger partial charge in [-0.1, -0.05) is 0 Å². The molecule has 0 aromatic carbocycles. The molecule has 0 saturated heterocycles. The van der Waals surface area contributed by atoms with Gasteiger partial charge in [0.1, 0.15) is 0 Å². The van der Waals surface area contributed by atoms with Crippen LogP contribution in [0.2, 0.25) is 0 Å². The van der Waals surface area contributed by atoms with E-state index in [2.05, 4.69) is 0 Å². The molecule has 6 heavy (non-hydrogen) atoms. The van der Waals surface area contributed by atoms with Crippen LogP contribution in [0.1, 0.15) is 0 Å². The summed E-state index contributed by atoms with van der Waals surface area (Å²) in [4.78, 5) is 14.2. The van der Waals surface area contributed by atoms with Crippen LogP contribution in [0, 0.1) is 0 Å². The molecular weight excluding hydrogens is 190 g/mol. The fourth-order valence-corrected chi connectivity index (χ4v) is 0. The highest BCUT2D eigenvalue weighted by Gasteiger charge is 1.93. The third kappa shape index (κ3) is 88.0. The van der Waals surface area contributed by atoms with Gasteiger partial charge in [-0.3, -0.25) is 0 Å². The fourth-order valence-electron chi connectivity index (χ4n) is 0. The van der Waals surface area contributed by atoms with E-state index >= 15 is 0 Å². The summed E-state index contributed by atoms with van der Waals surface area (Å²) >= 11 is 0. The fraction of sp³-hybridized carbons (Fsp3) is 0. The van der Waals surface area contributed by atoms with Crippen molar-refractivity contribution in [2.45, 2.75) is 0 Å². The van der Waals surface area contributed by atoms with Crippen molar-refractivity contribution in [2.75, 3.05) is 0 Å². The molecule has 40 valence electrons. The van der Waals surface area contributed by atoms with Crippen LogP contribution in [0.4, 0.5) is 0 Å². The van der Waals surface area contributed by atoms with E-state index in [1.54, 1.807) is 0 Å². The molecule has 0 radical (unpaired) electrons. The van der Waals surface area contributed by atoms with Crippen molar-refractivity contribution in [2.24, 2.45) is 0 Å². The van der Waals surface area contributed by atoms with E-state index in [0.29, 0.717) is 0 Å². The van der Waals surface area contributed by atoms with Gasteiger partial charge in [0, 0.05) is 4.57 Å². The van der Waals surface area contributed by atoms with Crippen LogP contribution in [0.15, 0.2) is 0 Å². The Hall–Kier alpha value is 0.930. The molecule has 0 spiro atoms. The molecular formula is H6BrO3P2+. The number of rotatable bonds is 0. The molecule has 0 aromatic heterocycles. The zero-order valence-electron chi connectivity index (χ0n) is 3.13. The molecule has 3 nitrogen and oxygen atoms in total. The van der Waals surface area contributed by atoms with Crippen molar-refractivity contribution in [1.29, 1.82) is 0 Å². The normalized spacial score (nSPS) is 4.33. The van der Waals surface area contributed by atoms with E-state index < -0.39 is 8.25 Å². The number of hydrogen-bond donors (Lipinski definition) is 2. The van der Waals surface area contributed by atoms with Gasteiger partial charge in [0.2, 0.25) is 0 Å².